The van der Waals surface area contributed by atoms with Crippen LogP contribution in [0.1, 0.15) is 0 Å². The average Bonchev–Trinajstić information content (AvgIpc) is 2.90. The summed E-state index contributed by atoms with van der Waals surface area (Å²) in [6.07, 6.45) is 1.56. The zero-order chi connectivity index (χ0) is 14.7. The molecule has 0 saturated carbocycles. The maximum atomic E-state index is 11.9. The number of imidazole rings is 1. The summed E-state index contributed by atoms with van der Waals surface area (Å²) in [6.45, 7) is -0.0891. The second-order valence-electron chi connectivity index (χ2n) is 4.38. The van der Waals surface area contributed by atoms with Crippen molar-refractivity contribution in [3.8, 4) is 5.75 Å². The lowest BCUT2D eigenvalue weighted by Crippen LogP contribution is -2.27. The van der Waals surface area contributed by atoms with Crippen molar-refractivity contribution in [3.05, 3.63) is 59.9 Å². The van der Waals surface area contributed by atoms with Crippen LogP contribution in [0.5, 0.6) is 5.75 Å². The van der Waals surface area contributed by atoms with Gasteiger partial charge >= 0.3 is 0 Å². The normalized spacial score (nSPS) is 10.5. The number of benzene rings is 2. The number of carbonyl (C=O) groups excluding carboxylic acids is 1. The quantitative estimate of drug-likeness (QED) is 0.806. The van der Waals surface area contributed by atoms with Crippen LogP contribution in [0.4, 0.5) is 0 Å². The van der Waals surface area contributed by atoms with Crippen LogP contribution >= 0.6 is 11.6 Å². The minimum absolute atomic E-state index is 0.0891. The van der Waals surface area contributed by atoms with Crippen molar-refractivity contribution in [2.45, 2.75) is 0 Å². The number of fused-ring (bicyclic) bond motifs is 1. The van der Waals surface area contributed by atoms with Gasteiger partial charge in [0.1, 0.15) is 12.1 Å². The number of nitrogens with zero attached hydrogens (tertiary/aromatic N) is 2. The molecule has 0 aliphatic rings. The van der Waals surface area contributed by atoms with Gasteiger partial charge in [-0.25, -0.2) is 9.66 Å². The minimum Gasteiger partial charge on any atom is -0.484 e. The second-order valence-corrected chi connectivity index (χ2v) is 4.82. The van der Waals surface area contributed by atoms with E-state index < -0.39 is 0 Å². The highest BCUT2D eigenvalue weighted by Gasteiger charge is 2.06. The van der Waals surface area contributed by atoms with E-state index in [1.54, 1.807) is 35.3 Å². The van der Waals surface area contributed by atoms with Gasteiger partial charge in [-0.15, -0.1) is 0 Å². The number of rotatable bonds is 4. The molecule has 0 unspecified atom stereocenters. The van der Waals surface area contributed by atoms with Gasteiger partial charge in [0.05, 0.1) is 11.0 Å². The van der Waals surface area contributed by atoms with E-state index >= 15 is 0 Å². The third-order valence-electron chi connectivity index (χ3n) is 2.88. The van der Waals surface area contributed by atoms with Crippen LogP contribution < -0.4 is 10.2 Å². The average molecular weight is 302 g/mol. The van der Waals surface area contributed by atoms with Gasteiger partial charge in [0.15, 0.2) is 6.61 Å². The van der Waals surface area contributed by atoms with Crippen LogP contribution in [0.3, 0.4) is 0 Å². The maximum absolute atomic E-state index is 11.9. The zero-order valence-corrected chi connectivity index (χ0v) is 11.7. The number of para-hydroxylation sites is 2. The Bertz CT molecular complexity index is 768. The molecule has 3 aromatic rings. The highest BCUT2D eigenvalue weighted by Crippen LogP contribution is 2.15. The topological polar surface area (TPSA) is 56.1 Å². The Morgan fingerprint density at radius 1 is 1.19 bits per heavy atom. The Kier molecular flexibility index (Phi) is 3.75. The lowest BCUT2D eigenvalue weighted by Gasteiger charge is -2.08. The lowest BCUT2D eigenvalue weighted by molar-refractivity contribution is -0.119. The SMILES string of the molecule is O=C(COc1ccc(Cl)cc1)Nn1cnc2ccccc21. The first kappa shape index (κ1) is 13.5. The molecule has 3 rings (SSSR count). The van der Waals surface area contributed by atoms with E-state index in [1.165, 1.54) is 0 Å². The summed E-state index contributed by atoms with van der Waals surface area (Å²) in [4.78, 5) is 16.1. The van der Waals surface area contributed by atoms with E-state index in [2.05, 4.69) is 10.4 Å². The molecule has 0 aliphatic heterocycles. The molecule has 0 bridgehead atoms. The van der Waals surface area contributed by atoms with Crippen LogP contribution in [0.25, 0.3) is 11.0 Å². The zero-order valence-electron chi connectivity index (χ0n) is 11.0. The summed E-state index contributed by atoms with van der Waals surface area (Å²) in [5.41, 5.74) is 4.36. The van der Waals surface area contributed by atoms with Gasteiger partial charge in [0.25, 0.3) is 5.91 Å². The number of hydrogen-bond donors (Lipinski definition) is 1. The second kappa shape index (κ2) is 5.85. The van der Waals surface area contributed by atoms with Crippen molar-refractivity contribution >= 4 is 28.5 Å². The Morgan fingerprint density at radius 3 is 2.76 bits per heavy atom. The lowest BCUT2D eigenvalue weighted by atomic mass is 10.3. The van der Waals surface area contributed by atoms with Gasteiger partial charge in [-0.1, -0.05) is 23.7 Å². The first-order valence-electron chi connectivity index (χ1n) is 6.33. The van der Waals surface area contributed by atoms with Crippen LogP contribution in [0.2, 0.25) is 5.02 Å². The predicted octanol–water partition coefficient (Wildman–Crippen LogP) is 2.84. The van der Waals surface area contributed by atoms with Gasteiger partial charge in [-0.2, -0.15) is 0 Å². The highest BCUT2D eigenvalue weighted by molar-refractivity contribution is 6.30. The van der Waals surface area contributed by atoms with Crippen LogP contribution in [-0.4, -0.2) is 22.2 Å². The van der Waals surface area contributed by atoms with Gasteiger partial charge in [-0.05, 0) is 36.4 Å². The molecular weight excluding hydrogens is 290 g/mol. The van der Waals surface area contributed by atoms with Crippen molar-refractivity contribution in [2.24, 2.45) is 0 Å². The Hall–Kier alpha value is -2.53. The number of aromatic nitrogens is 2. The maximum Gasteiger partial charge on any atom is 0.276 e. The monoisotopic (exact) mass is 301 g/mol. The smallest absolute Gasteiger partial charge is 0.276 e. The summed E-state index contributed by atoms with van der Waals surface area (Å²) < 4.78 is 6.95. The number of amides is 1. The molecule has 0 saturated heterocycles. The molecule has 0 spiro atoms. The number of carbonyl (C=O) groups is 1. The fourth-order valence-corrected chi connectivity index (χ4v) is 2.02. The van der Waals surface area contributed by atoms with Crippen molar-refractivity contribution in [1.82, 2.24) is 9.66 Å². The molecule has 1 heterocycles. The molecule has 1 N–H and O–H groups in total. The fraction of sp³-hybridized carbons (Fsp3) is 0.0667. The first-order chi connectivity index (χ1) is 10.2. The third-order valence-corrected chi connectivity index (χ3v) is 3.13. The molecule has 1 aromatic heterocycles. The van der Waals surface area contributed by atoms with E-state index in [1.807, 2.05) is 24.3 Å². The summed E-state index contributed by atoms with van der Waals surface area (Å²) in [6, 6.07) is 14.4. The van der Waals surface area contributed by atoms with Crippen molar-refractivity contribution < 1.29 is 9.53 Å². The van der Waals surface area contributed by atoms with Gasteiger partial charge in [-0.3, -0.25) is 10.2 Å². The number of halogens is 1. The van der Waals surface area contributed by atoms with Gasteiger partial charge in [0.2, 0.25) is 0 Å². The molecule has 0 radical (unpaired) electrons. The molecule has 106 valence electrons. The third kappa shape index (κ3) is 3.14. The van der Waals surface area contributed by atoms with E-state index in [4.69, 9.17) is 16.3 Å². The molecule has 21 heavy (non-hydrogen) atoms. The van der Waals surface area contributed by atoms with Crippen molar-refractivity contribution in [3.63, 3.8) is 0 Å². The highest BCUT2D eigenvalue weighted by atomic mass is 35.5. The summed E-state index contributed by atoms with van der Waals surface area (Å²) in [5, 5.41) is 0.622. The largest absolute Gasteiger partial charge is 0.484 e. The number of nitrogens with one attached hydrogen (secondary N) is 1. The predicted molar refractivity (Wildman–Crippen MR) is 81.0 cm³/mol. The molecule has 1 amide bonds. The molecule has 0 aliphatic carbocycles. The Balaban J connectivity index is 1.62. The van der Waals surface area contributed by atoms with Crippen molar-refractivity contribution in [2.75, 3.05) is 12.0 Å². The summed E-state index contributed by atoms with van der Waals surface area (Å²) >= 11 is 5.78. The van der Waals surface area contributed by atoms with Crippen LogP contribution in [0, 0.1) is 0 Å². The van der Waals surface area contributed by atoms with Crippen LogP contribution in [0.15, 0.2) is 54.9 Å². The standard InChI is InChI=1S/C15H12ClN3O2/c16-11-5-7-12(8-6-11)21-9-15(20)18-19-10-17-13-3-1-2-4-14(13)19/h1-8,10H,9H2,(H,18,20). The molecule has 0 fully saturated rings. The molecule has 6 heteroatoms. The van der Waals surface area contributed by atoms with Crippen molar-refractivity contribution in [1.29, 1.82) is 0 Å². The number of ether oxygens (including phenoxy) is 1. The van der Waals surface area contributed by atoms with Gasteiger partial charge in [0, 0.05) is 5.02 Å². The Labute approximate surface area is 126 Å². The van der Waals surface area contributed by atoms with E-state index in [0.29, 0.717) is 10.8 Å². The fourth-order valence-electron chi connectivity index (χ4n) is 1.89. The Morgan fingerprint density at radius 2 is 1.95 bits per heavy atom. The first-order valence-corrected chi connectivity index (χ1v) is 6.70. The van der Waals surface area contributed by atoms with Crippen LogP contribution in [-0.2, 0) is 4.79 Å². The van der Waals surface area contributed by atoms with E-state index in [-0.39, 0.29) is 12.5 Å². The number of hydrogen-bond acceptors (Lipinski definition) is 3. The molecule has 5 nitrogen and oxygen atoms in total. The van der Waals surface area contributed by atoms with E-state index in [9.17, 15) is 4.79 Å². The molecule has 0 atom stereocenters. The minimum atomic E-state index is -0.270. The molecular formula is C15H12ClN3O2. The molecule has 2 aromatic carbocycles. The van der Waals surface area contributed by atoms with E-state index in [0.717, 1.165) is 11.0 Å². The summed E-state index contributed by atoms with van der Waals surface area (Å²) in [5.74, 6) is 0.318. The van der Waals surface area contributed by atoms with Gasteiger partial charge < -0.3 is 4.74 Å². The summed E-state index contributed by atoms with van der Waals surface area (Å²) in [7, 11) is 0.